The predicted molar refractivity (Wildman–Crippen MR) is 74.1 cm³/mol. The number of nitrogens with one attached hydrogen (secondary N) is 2. The Kier molecular flexibility index (Phi) is 3.90. The molecule has 0 radical (unpaired) electrons. The Morgan fingerprint density at radius 3 is 2.86 bits per heavy atom. The van der Waals surface area contributed by atoms with Gasteiger partial charge in [-0.3, -0.25) is 4.79 Å². The molecule has 2 amide bonds. The van der Waals surface area contributed by atoms with Gasteiger partial charge in [0.2, 0.25) is 0 Å². The molecular formula is C14H13ClF2N2O3. The molecule has 2 fully saturated rings. The monoisotopic (exact) mass is 330 g/mol. The summed E-state index contributed by atoms with van der Waals surface area (Å²) in [6.45, 7) is 0. The zero-order valence-corrected chi connectivity index (χ0v) is 12.1. The number of hydrogen-bond donors (Lipinski definition) is 2. The number of alkyl carbamates (subject to hydrolysis) is 1. The van der Waals surface area contributed by atoms with E-state index in [4.69, 9.17) is 16.3 Å². The van der Waals surface area contributed by atoms with Crippen LogP contribution in [0.3, 0.4) is 0 Å². The maximum absolute atomic E-state index is 12.6. The van der Waals surface area contributed by atoms with Crippen molar-refractivity contribution >= 4 is 23.6 Å². The Bertz CT molecular complexity index is 626. The molecule has 2 bridgehead atoms. The smallest absolute Gasteiger partial charge is 0.407 e. The average Bonchev–Trinajstić information content (AvgIpc) is 2.72. The summed E-state index contributed by atoms with van der Waals surface area (Å²) >= 11 is 5.90. The fourth-order valence-electron chi connectivity index (χ4n) is 2.83. The van der Waals surface area contributed by atoms with Gasteiger partial charge in [0.25, 0.3) is 12.3 Å². The second kappa shape index (κ2) is 5.72. The van der Waals surface area contributed by atoms with Gasteiger partial charge in [-0.25, -0.2) is 13.6 Å². The van der Waals surface area contributed by atoms with Crippen molar-refractivity contribution in [3.05, 3.63) is 34.3 Å². The minimum atomic E-state index is -2.64. The van der Waals surface area contributed by atoms with Crippen LogP contribution in [0.2, 0.25) is 5.02 Å². The van der Waals surface area contributed by atoms with Crippen LogP contribution < -0.4 is 10.6 Å². The normalized spacial score (nSPS) is 26.5. The van der Waals surface area contributed by atoms with Crippen LogP contribution in [0.1, 0.15) is 35.2 Å². The third-order valence-electron chi connectivity index (χ3n) is 3.89. The summed E-state index contributed by atoms with van der Waals surface area (Å²) in [7, 11) is 0. The summed E-state index contributed by atoms with van der Waals surface area (Å²) in [6.07, 6.45) is -2.31. The fourth-order valence-corrected chi connectivity index (χ4v) is 3.11. The Balaban J connectivity index is 1.71. The number of carbonyl (C=O) groups is 2. The first-order valence-corrected chi connectivity index (χ1v) is 7.17. The lowest BCUT2D eigenvalue weighted by Crippen LogP contribution is -2.44. The third kappa shape index (κ3) is 2.85. The number of hydrogen-bond acceptors (Lipinski definition) is 3. The molecule has 22 heavy (non-hydrogen) atoms. The van der Waals surface area contributed by atoms with Crippen LogP contribution in [0, 0.1) is 0 Å². The first-order valence-electron chi connectivity index (χ1n) is 6.79. The first kappa shape index (κ1) is 15.0. The van der Waals surface area contributed by atoms with Crippen LogP contribution in [-0.4, -0.2) is 30.2 Å². The summed E-state index contributed by atoms with van der Waals surface area (Å²) in [5.74, 6) is -0.473. The van der Waals surface area contributed by atoms with Crippen molar-refractivity contribution in [3.8, 4) is 0 Å². The number of fused-ring (bicyclic) bond motifs is 2. The predicted octanol–water partition coefficient (Wildman–Crippen LogP) is 2.65. The van der Waals surface area contributed by atoms with E-state index in [1.807, 2.05) is 0 Å². The van der Waals surface area contributed by atoms with Crippen molar-refractivity contribution in [2.75, 3.05) is 0 Å². The molecule has 1 aromatic rings. The van der Waals surface area contributed by atoms with E-state index in [0.29, 0.717) is 12.8 Å². The number of alkyl halides is 2. The standard InChI is InChI=1S/C14H13ClF2N2O3/c15-9-3-6(12(16)17)1-2-8(9)13(20)19-10-4-7-5-11(10)22-14(21)18-7/h1-3,7,10-12H,4-5H2,(H,18,21)(H,19,20)/t7-,10-,11-/m1/s1. The van der Waals surface area contributed by atoms with Crippen molar-refractivity contribution in [3.63, 3.8) is 0 Å². The Morgan fingerprint density at radius 2 is 2.18 bits per heavy atom. The third-order valence-corrected chi connectivity index (χ3v) is 4.20. The number of benzene rings is 1. The second-order valence-corrected chi connectivity index (χ2v) is 5.78. The van der Waals surface area contributed by atoms with Gasteiger partial charge in [-0.15, -0.1) is 0 Å². The van der Waals surface area contributed by atoms with Crippen LogP contribution in [0.4, 0.5) is 13.6 Å². The molecule has 2 aliphatic rings. The van der Waals surface area contributed by atoms with Crippen LogP contribution in [0.5, 0.6) is 0 Å². The van der Waals surface area contributed by atoms with Crippen LogP contribution in [0.15, 0.2) is 18.2 Å². The first-order chi connectivity index (χ1) is 10.4. The van der Waals surface area contributed by atoms with Gasteiger partial charge in [0.05, 0.1) is 16.6 Å². The summed E-state index contributed by atoms with van der Waals surface area (Å²) < 4.78 is 30.3. The van der Waals surface area contributed by atoms with Crippen molar-refractivity contribution in [2.45, 2.75) is 37.5 Å². The van der Waals surface area contributed by atoms with Crippen LogP contribution in [-0.2, 0) is 4.74 Å². The highest BCUT2D eigenvalue weighted by atomic mass is 35.5. The zero-order chi connectivity index (χ0) is 15.9. The molecule has 2 N–H and O–H groups in total. The molecule has 118 valence electrons. The van der Waals surface area contributed by atoms with Gasteiger partial charge >= 0.3 is 6.09 Å². The van der Waals surface area contributed by atoms with Crippen LogP contribution >= 0.6 is 11.6 Å². The molecule has 8 heteroatoms. The van der Waals surface area contributed by atoms with E-state index >= 15 is 0 Å². The summed E-state index contributed by atoms with van der Waals surface area (Å²) in [6, 6.07) is 3.18. The number of halogens is 3. The molecule has 1 aliphatic carbocycles. The summed E-state index contributed by atoms with van der Waals surface area (Å²) in [4.78, 5) is 23.5. The van der Waals surface area contributed by atoms with E-state index in [2.05, 4.69) is 10.6 Å². The molecule has 1 aliphatic heterocycles. The van der Waals surface area contributed by atoms with Gasteiger partial charge < -0.3 is 15.4 Å². The highest BCUT2D eigenvalue weighted by Gasteiger charge is 2.42. The Labute approximate surface area is 130 Å². The number of rotatable bonds is 3. The highest BCUT2D eigenvalue weighted by Crippen LogP contribution is 2.28. The minimum absolute atomic E-state index is 0.0202. The molecule has 3 atom stereocenters. The van der Waals surface area contributed by atoms with Gasteiger partial charge in [0.15, 0.2) is 0 Å². The number of amides is 2. The van der Waals surface area contributed by atoms with Crippen molar-refractivity contribution in [2.24, 2.45) is 0 Å². The summed E-state index contributed by atoms with van der Waals surface area (Å²) in [5.41, 5.74) is -0.122. The molecule has 1 saturated carbocycles. The van der Waals surface area contributed by atoms with E-state index in [0.717, 1.165) is 6.07 Å². The molecule has 1 heterocycles. The Morgan fingerprint density at radius 1 is 1.41 bits per heavy atom. The van der Waals surface area contributed by atoms with Gasteiger partial charge in [-0.05, 0) is 18.6 Å². The maximum Gasteiger partial charge on any atom is 0.407 e. The molecule has 0 spiro atoms. The van der Waals surface area contributed by atoms with E-state index < -0.39 is 18.4 Å². The zero-order valence-electron chi connectivity index (χ0n) is 11.3. The van der Waals surface area contributed by atoms with Gasteiger partial charge in [-0.1, -0.05) is 17.7 Å². The molecular weight excluding hydrogens is 318 g/mol. The molecule has 0 aromatic heterocycles. The van der Waals surface area contributed by atoms with Crippen molar-refractivity contribution in [1.29, 1.82) is 0 Å². The highest BCUT2D eigenvalue weighted by molar-refractivity contribution is 6.33. The van der Waals surface area contributed by atoms with Crippen molar-refractivity contribution in [1.82, 2.24) is 10.6 Å². The quantitative estimate of drug-likeness (QED) is 0.895. The van der Waals surface area contributed by atoms with Crippen molar-refractivity contribution < 1.29 is 23.1 Å². The minimum Gasteiger partial charge on any atom is -0.444 e. The van der Waals surface area contributed by atoms with Gasteiger partial charge in [-0.2, -0.15) is 0 Å². The van der Waals surface area contributed by atoms with E-state index in [1.165, 1.54) is 12.1 Å². The lowest BCUT2D eigenvalue weighted by atomic mass is 10.1. The van der Waals surface area contributed by atoms with Crippen LogP contribution in [0.25, 0.3) is 0 Å². The van der Waals surface area contributed by atoms with E-state index in [-0.39, 0.29) is 34.3 Å². The molecule has 0 unspecified atom stereocenters. The fraction of sp³-hybridized carbons (Fsp3) is 0.429. The SMILES string of the molecule is O=C1N[C@@H]2C[C@@H](NC(=O)c3ccc(C(F)F)cc3Cl)[C@@H](C2)O1. The van der Waals surface area contributed by atoms with E-state index in [9.17, 15) is 18.4 Å². The number of ether oxygens (including phenoxy) is 1. The number of carbonyl (C=O) groups excluding carboxylic acids is 2. The largest absolute Gasteiger partial charge is 0.444 e. The Hall–Kier alpha value is -1.89. The lowest BCUT2D eigenvalue weighted by Gasteiger charge is -2.23. The summed E-state index contributed by atoms with van der Waals surface area (Å²) in [5, 5.41) is 5.37. The van der Waals surface area contributed by atoms with Gasteiger partial charge in [0, 0.05) is 18.0 Å². The molecule has 5 nitrogen and oxygen atoms in total. The molecule has 1 saturated heterocycles. The molecule has 1 aromatic carbocycles. The lowest BCUT2D eigenvalue weighted by molar-refractivity contribution is 0.0660. The van der Waals surface area contributed by atoms with E-state index in [1.54, 1.807) is 0 Å². The van der Waals surface area contributed by atoms with Gasteiger partial charge in [0.1, 0.15) is 6.10 Å². The average molecular weight is 331 g/mol. The molecule has 3 rings (SSSR count). The maximum atomic E-state index is 12.6. The second-order valence-electron chi connectivity index (χ2n) is 5.38. The topological polar surface area (TPSA) is 67.4 Å².